The van der Waals surface area contributed by atoms with E-state index < -0.39 is 0 Å². The Kier molecular flexibility index (Phi) is 4.99. The van der Waals surface area contributed by atoms with Crippen molar-refractivity contribution < 1.29 is 14.9 Å². The molecule has 5 aromatic rings. The molecule has 34 heavy (non-hydrogen) atoms. The summed E-state index contributed by atoms with van der Waals surface area (Å²) >= 11 is 0. The average Bonchev–Trinajstić information content (AvgIpc) is 3.36. The molecule has 4 aromatic carbocycles. The predicted molar refractivity (Wildman–Crippen MR) is 132 cm³/mol. The minimum Gasteiger partial charge on any atom is -0.507 e. The molecule has 1 aliphatic carbocycles. The van der Waals surface area contributed by atoms with E-state index in [0.717, 1.165) is 52.8 Å². The number of ether oxygens (including phenoxy) is 1. The van der Waals surface area contributed by atoms with E-state index in [1.807, 2.05) is 24.3 Å². The van der Waals surface area contributed by atoms with Crippen LogP contribution in [-0.2, 0) is 0 Å². The zero-order valence-corrected chi connectivity index (χ0v) is 18.5. The Morgan fingerprint density at radius 1 is 0.676 bits per heavy atom. The smallest absolute Gasteiger partial charge is 0.320 e. The third kappa shape index (κ3) is 3.57. The minimum atomic E-state index is -0.104. The third-order valence-corrected chi connectivity index (χ3v) is 6.44. The first-order chi connectivity index (χ1) is 16.7. The molecule has 1 heterocycles. The van der Waals surface area contributed by atoms with Crippen LogP contribution in [0.4, 0.5) is 0 Å². The zero-order valence-electron chi connectivity index (χ0n) is 18.5. The first-order valence-corrected chi connectivity index (χ1v) is 11.5. The van der Waals surface area contributed by atoms with Crippen LogP contribution >= 0.6 is 0 Å². The van der Waals surface area contributed by atoms with Crippen molar-refractivity contribution >= 4 is 21.5 Å². The zero-order chi connectivity index (χ0) is 23.1. The summed E-state index contributed by atoms with van der Waals surface area (Å²) in [5.41, 5.74) is 0.997. The van der Waals surface area contributed by atoms with Crippen LogP contribution in [0.15, 0.2) is 72.8 Å². The molecule has 0 saturated heterocycles. The lowest BCUT2D eigenvalue weighted by Crippen LogP contribution is -2.14. The van der Waals surface area contributed by atoms with Crippen molar-refractivity contribution in [1.82, 2.24) is 15.0 Å². The summed E-state index contributed by atoms with van der Waals surface area (Å²) in [7, 11) is 0. The number of aromatic hydroxyl groups is 2. The Morgan fingerprint density at radius 3 is 2.09 bits per heavy atom. The summed E-state index contributed by atoms with van der Waals surface area (Å²) in [4.78, 5) is 13.9. The van der Waals surface area contributed by atoms with Crippen molar-refractivity contribution in [3.8, 4) is 40.3 Å². The SMILES string of the molecule is Oc1cccc(O)c1-c1nc(OC2CCCC2)nc(-c2cc3ccccc3c3ccccc23)n1. The number of aromatic nitrogens is 3. The van der Waals surface area contributed by atoms with E-state index in [1.165, 1.54) is 12.1 Å². The number of phenolic OH excluding ortho intramolecular Hbond substituents is 2. The number of hydrogen-bond acceptors (Lipinski definition) is 6. The lowest BCUT2D eigenvalue weighted by atomic mass is 9.97. The average molecular weight is 450 g/mol. The molecule has 1 aromatic heterocycles. The van der Waals surface area contributed by atoms with Gasteiger partial charge < -0.3 is 14.9 Å². The molecule has 0 amide bonds. The number of benzene rings is 4. The van der Waals surface area contributed by atoms with E-state index in [1.54, 1.807) is 6.07 Å². The van der Waals surface area contributed by atoms with Gasteiger partial charge in [0.15, 0.2) is 11.6 Å². The summed E-state index contributed by atoms with van der Waals surface area (Å²) in [6.45, 7) is 0. The van der Waals surface area contributed by atoms with Crippen LogP contribution in [0, 0.1) is 0 Å². The van der Waals surface area contributed by atoms with Crippen LogP contribution < -0.4 is 4.74 Å². The molecule has 6 rings (SSSR count). The molecule has 1 aliphatic rings. The van der Waals surface area contributed by atoms with E-state index in [0.29, 0.717) is 5.82 Å². The second kappa shape index (κ2) is 8.30. The Morgan fingerprint density at radius 2 is 1.32 bits per heavy atom. The quantitative estimate of drug-likeness (QED) is 0.316. The fourth-order valence-electron chi connectivity index (χ4n) is 4.79. The standard InChI is InChI=1S/C28H23N3O3/c32-23-14-7-15-24(33)25(23)27-29-26(30-28(31-27)34-18-9-2-3-10-18)22-16-17-8-1-4-11-19(17)20-12-5-6-13-21(20)22/h1,4-8,11-16,18,32-33H,2-3,9-10H2. The number of rotatable bonds is 4. The number of fused-ring (bicyclic) bond motifs is 3. The molecule has 6 heteroatoms. The van der Waals surface area contributed by atoms with Crippen LogP contribution in [0.3, 0.4) is 0 Å². The van der Waals surface area contributed by atoms with Gasteiger partial charge in [0.05, 0.1) is 0 Å². The van der Waals surface area contributed by atoms with Crippen LogP contribution in [0.5, 0.6) is 17.5 Å². The number of nitrogens with zero attached hydrogens (tertiary/aromatic N) is 3. The van der Waals surface area contributed by atoms with Crippen molar-refractivity contribution in [2.45, 2.75) is 31.8 Å². The van der Waals surface area contributed by atoms with Crippen molar-refractivity contribution in [2.24, 2.45) is 0 Å². The summed E-state index contributed by atoms with van der Waals surface area (Å²) in [5.74, 6) is 0.396. The highest BCUT2D eigenvalue weighted by atomic mass is 16.5. The van der Waals surface area contributed by atoms with Gasteiger partial charge in [-0.25, -0.2) is 4.98 Å². The van der Waals surface area contributed by atoms with Crippen molar-refractivity contribution in [1.29, 1.82) is 0 Å². The van der Waals surface area contributed by atoms with Gasteiger partial charge in [0, 0.05) is 5.56 Å². The molecule has 0 radical (unpaired) electrons. The van der Waals surface area contributed by atoms with E-state index in [-0.39, 0.29) is 35.0 Å². The van der Waals surface area contributed by atoms with Gasteiger partial charge in [-0.1, -0.05) is 54.6 Å². The monoisotopic (exact) mass is 449 g/mol. The number of phenols is 2. The highest BCUT2D eigenvalue weighted by molar-refractivity contribution is 6.13. The Labute approximate surface area is 196 Å². The topological polar surface area (TPSA) is 88.4 Å². The Bertz CT molecular complexity index is 1510. The first-order valence-electron chi connectivity index (χ1n) is 11.5. The van der Waals surface area contributed by atoms with Gasteiger partial charge in [0.2, 0.25) is 0 Å². The van der Waals surface area contributed by atoms with Crippen LogP contribution in [0.25, 0.3) is 44.3 Å². The Hall–Kier alpha value is -4.19. The molecule has 1 fully saturated rings. The summed E-state index contributed by atoms with van der Waals surface area (Å²) in [6, 6.07) is 23.2. The lowest BCUT2D eigenvalue weighted by molar-refractivity contribution is 0.192. The van der Waals surface area contributed by atoms with E-state index in [4.69, 9.17) is 14.7 Å². The van der Waals surface area contributed by atoms with Crippen molar-refractivity contribution in [3.63, 3.8) is 0 Å². The van der Waals surface area contributed by atoms with Gasteiger partial charge in [-0.3, -0.25) is 0 Å². The third-order valence-electron chi connectivity index (χ3n) is 6.44. The highest BCUT2D eigenvalue weighted by Crippen LogP contribution is 2.38. The van der Waals surface area contributed by atoms with Crippen LogP contribution in [0.2, 0.25) is 0 Å². The second-order valence-electron chi connectivity index (χ2n) is 8.65. The van der Waals surface area contributed by atoms with Crippen LogP contribution in [-0.4, -0.2) is 31.3 Å². The van der Waals surface area contributed by atoms with E-state index in [2.05, 4.69) is 35.3 Å². The minimum absolute atomic E-state index is 0.0504. The van der Waals surface area contributed by atoms with Crippen molar-refractivity contribution in [2.75, 3.05) is 0 Å². The van der Waals surface area contributed by atoms with Gasteiger partial charge in [-0.15, -0.1) is 0 Å². The second-order valence-corrected chi connectivity index (χ2v) is 8.65. The first kappa shape index (κ1) is 20.4. The Balaban J connectivity index is 1.61. The summed E-state index contributed by atoms with van der Waals surface area (Å²) in [5, 5.41) is 25.3. The molecule has 0 aliphatic heterocycles. The molecule has 0 bridgehead atoms. The lowest BCUT2D eigenvalue weighted by Gasteiger charge is -2.15. The molecule has 0 atom stereocenters. The fourth-order valence-corrected chi connectivity index (χ4v) is 4.79. The molecule has 0 spiro atoms. The van der Waals surface area contributed by atoms with Gasteiger partial charge in [0.25, 0.3) is 0 Å². The molecule has 1 saturated carbocycles. The van der Waals surface area contributed by atoms with E-state index in [9.17, 15) is 10.2 Å². The molecule has 2 N–H and O–H groups in total. The maximum Gasteiger partial charge on any atom is 0.320 e. The maximum atomic E-state index is 10.5. The molecular weight excluding hydrogens is 426 g/mol. The molecular formula is C28H23N3O3. The molecule has 0 unspecified atom stereocenters. The normalized spacial score (nSPS) is 14.1. The largest absolute Gasteiger partial charge is 0.507 e. The summed E-state index contributed by atoms with van der Waals surface area (Å²) in [6.07, 6.45) is 4.19. The number of hydrogen-bond donors (Lipinski definition) is 2. The highest BCUT2D eigenvalue weighted by Gasteiger charge is 2.22. The van der Waals surface area contributed by atoms with Gasteiger partial charge >= 0.3 is 6.01 Å². The van der Waals surface area contributed by atoms with Crippen LogP contribution in [0.1, 0.15) is 25.7 Å². The van der Waals surface area contributed by atoms with Gasteiger partial charge in [-0.2, -0.15) is 9.97 Å². The molecule has 6 nitrogen and oxygen atoms in total. The predicted octanol–water partition coefficient (Wildman–Crippen LogP) is 6.24. The summed E-state index contributed by atoms with van der Waals surface area (Å²) < 4.78 is 6.15. The maximum absolute atomic E-state index is 10.5. The molecule has 168 valence electrons. The van der Waals surface area contributed by atoms with Crippen molar-refractivity contribution in [3.05, 3.63) is 72.8 Å². The van der Waals surface area contributed by atoms with E-state index >= 15 is 0 Å². The van der Waals surface area contributed by atoms with Gasteiger partial charge in [-0.05, 0) is 65.4 Å². The van der Waals surface area contributed by atoms with Gasteiger partial charge in [0.1, 0.15) is 23.2 Å². The fraction of sp³-hybridized carbons (Fsp3) is 0.179.